The molecule has 0 amide bonds. The summed E-state index contributed by atoms with van der Waals surface area (Å²) in [7, 11) is -4.58. The Morgan fingerprint density at radius 3 is 1.57 bits per heavy atom. The van der Waals surface area contributed by atoms with Crippen LogP contribution in [-0.2, 0) is 10.1 Å². The van der Waals surface area contributed by atoms with Crippen LogP contribution in [0.15, 0.2) is 4.90 Å². The quantitative estimate of drug-likeness (QED) is 0.481. The predicted molar refractivity (Wildman–Crippen MR) is 89.9 cm³/mol. The maximum absolute atomic E-state index is 12.0. The number of nitrogens with zero attached hydrogens (tertiary/aromatic N) is 1. The summed E-state index contributed by atoms with van der Waals surface area (Å²) < 4.78 is 33.8. The lowest BCUT2D eigenvalue weighted by Crippen LogP contribution is -2.17. The Balaban J connectivity index is 4.31. The van der Waals surface area contributed by atoms with Gasteiger partial charge in [-0.3, -0.25) is 14.7 Å². The van der Waals surface area contributed by atoms with Crippen LogP contribution in [0.3, 0.4) is 0 Å². The highest BCUT2D eigenvalue weighted by molar-refractivity contribution is 7.86. The van der Waals surface area contributed by atoms with Crippen LogP contribution >= 0.6 is 0 Å². The van der Waals surface area contributed by atoms with E-state index in [9.17, 15) is 23.1 Å². The van der Waals surface area contributed by atoms with E-state index in [1.54, 1.807) is 20.8 Å². The normalized spacial score (nSPS) is 12.5. The van der Waals surface area contributed by atoms with Crippen molar-refractivity contribution in [2.45, 2.75) is 71.1 Å². The van der Waals surface area contributed by atoms with Gasteiger partial charge in [-0.05, 0) is 35.8 Å². The second kappa shape index (κ2) is 6.57. The summed E-state index contributed by atoms with van der Waals surface area (Å²) in [5.41, 5.74) is 1.47. The zero-order chi connectivity index (χ0) is 18.3. The highest BCUT2D eigenvalue weighted by Gasteiger charge is 2.36. The molecule has 0 aliphatic carbocycles. The summed E-state index contributed by atoms with van der Waals surface area (Å²) in [6, 6.07) is 0. The van der Waals surface area contributed by atoms with E-state index < -0.39 is 21.0 Å². The molecular weight excluding hydrogens is 318 g/mol. The monoisotopic (exact) mass is 343 g/mol. The number of nitro benzene ring substituents is 1. The molecule has 0 saturated carbocycles. The van der Waals surface area contributed by atoms with Crippen molar-refractivity contribution in [1.82, 2.24) is 0 Å². The van der Waals surface area contributed by atoms with Gasteiger partial charge in [0.25, 0.3) is 15.8 Å². The fourth-order valence-electron chi connectivity index (χ4n) is 3.30. The van der Waals surface area contributed by atoms with Gasteiger partial charge in [0, 0.05) is 5.56 Å². The van der Waals surface area contributed by atoms with Gasteiger partial charge in [0.05, 0.1) is 10.5 Å². The molecule has 0 radical (unpaired) electrons. The molecular formula is C16H25NO5S. The molecule has 0 saturated heterocycles. The summed E-state index contributed by atoms with van der Waals surface area (Å²) in [6.45, 7) is 12.4. The van der Waals surface area contributed by atoms with E-state index in [-0.39, 0.29) is 28.0 Å². The summed E-state index contributed by atoms with van der Waals surface area (Å²) in [4.78, 5) is 10.9. The summed E-state index contributed by atoms with van der Waals surface area (Å²) >= 11 is 0. The Morgan fingerprint density at radius 1 is 0.913 bits per heavy atom. The van der Waals surface area contributed by atoms with Crippen LogP contribution in [-0.4, -0.2) is 17.9 Å². The Morgan fingerprint density at radius 2 is 1.30 bits per heavy atom. The van der Waals surface area contributed by atoms with Crippen molar-refractivity contribution in [3.05, 3.63) is 32.4 Å². The van der Waals surface area contributed by atoms with Crippen molar-refractivity contribution in [1.29, 1.82) is 0 Å². The van der Waals surface area contributed by atoms with E-state index in [1.165, 1.54) is 0 Å². The van der Waals surface area contributed by atoms with Gasteiger partial charge in [0.2, 0.25) is 0 Å². The van der Waals surface area contributed by atoms with Crippen LogP contribution in [0.5, 0.6) is 0 Å². The van der Waals surface area contributed by atoms with E-state index >= 15 is 0 Å². The van der Waals surface area contributed by atoms with Crippen molar-refractivity contribution >= 4 is 15.8 Å². The van der Waals surface area contributed by atoms with Crippen LogP contribution in [0.4, 0.5) is 5.69 Å². The molecule has 0 fully saturated rings. The van der Waals surface area contributed by atoms with Gasteiger partial charge in [0.15, 0.2) is 0 Å². The standard InChI is InChI=1S/C16H25NO5S/c1-8(2)12-11(7)13(9(3)4)16(23(20,21)22)14(10(5)6)15(12)17(18)19/h8-10H,1-7H3,(H,20,21,22). The third-order valence-corrected chi connectivity index (χ3v) is 4.94. The van der Waals surface area contributed by atoms with E-state index in [0.29, 0.717) is 16.7 Å². The van der Waals surface area contributed by atoms with Crippen LogP contribution in [0.25, 0.3) is 0 Å². The average molecular weight is 343 g/mol. The Labute approximate surface area is 137 Å². The maximum atomic E-state index is 12.0. The summed E-state index contributed by atoms with van der Waals surface area (Å²) in [5.74, 6) is -0.744. The minimum Gasteiger partial charge on any atom is -0.282 e. The van der Waals surface area contributed by atoms with Crippen molar-refractivity contribution in [2.24, 2.45) is 0 Å². The third kappa shape index (κ3) is 3.55. The molecule has 0 unspecified atom stereocenters. The number of benzene rings is 1. The zero-order valence-corrected chi connectivity index (χ0v) is 15.5. The van der Waals surface area contributed by atoms with Crippen molar-refractivity contribution in [3.8, 4) is 0 Å². The van der Waals surface area contributed by atoms with E-state index in [4.69, 9.17) is 0 Å². The molecule has 0 atom stereocenters. The van der Waals surface area contributed by atoms with E-state index in [0.717, 1.165) is 0 Å². The van der Waals surface area contributed by atoms with Gasteiger partial charge in [-0.15, -0.1) is 0 Å². The number of rotatable bonds is 5. The summed E-state index contributed by atoms with van der Waals surface area (Å²) in [5, 5.41) is 11.7. The van der Waals surface area contributed by atoms with Gasteiger partial charge in [-0.25, -0.2) is 0 Å². The number of hydrogen-bond donors (Lipinski definition) is 1. The van der Waals surface area contributed by atoms with Crippen LogP contribution in [0.1, 0.15) is 81.5 Å². The second-order valence-electron chi connectivity index (χ2n) is 6.74. The maximum Gasteiger partial charge on any atom is 0.295 e. The van der Waals surface area contributed by atoms with E-state index in [1.807, 2.05) is 27.7 Å². The van der Waals surface area contributed by atoms with Crippen molar-refractivity contribution in [3.63, 3.8) is 0 Å². The molecule has 1 aromatic carbocycles. The fraction of sp³-hybridized carbons (Fsp3) is 0.625. The molecule has 0 aliphatic heterocycles. The molecule has 7 heteroatoms. The Bertz CT molecular complexity index is 734. The van der Waals surface area contributed by atoms with Crippen molar-refractivity contribution < 1.29 is 17.9 Å². The van der Waals surface area contributed by atoms with Crippen LogP contribution in [0.2, 0.25) is 0 Å². The summed E-state index contributed by atoms with van der Waals surface area (Å²) in [6.07, 6.45) is 0. The fourth-order valence-corrected chi connectivity index (χ4v) is 4.58. The zero-order valence-electron chi connectivity index (χ0n) is 14.7. The molecule has 1 N–H and O–H groups in total. The van der Waals surface area contributed by atoms with Gasteiger partial charge < -0.3 is 0 Å². The number of nitro groups is 1. The smallest absolute Gasteiger partial charge is 0.282 e. The Hall–Kier alpha value is -1.47. The van der Waals surface area contributed by atoms with Crippen LogP contribution < -0.4 is 0 Å². The number of hydrogen-bond acceptors (Lipinski definition) is 4. The first-order valence-electron chi connectivity index (χ1n) is 7.64. The first kappa shape index (κ1) is 19.6. The highest BCUT2D eigenvalue weighted by atomic mass is 32.2. The second-order valence-corrected chi connectivity index (χ2v) is 8.10. The van der Waals surface area contributed by atoms with Gasteiger partial charge in [-0.1, -0.05) is 41.5 Å². The lowest BCUT2D eigenvalue weighted by atomic mass is 9.83. The first-order valence-corrected chi connectivity index (χ1v) is 9.08. The van der Waals surface area contributed by atoms with E-state index in [2.05, 4.69) is 0 Å². The third-order valence-electron chi connectivity index (χ3n) is 3.98. The molecule has 1 rings (SSSR count). The highest BCUT2D eigenvalue weighted by Crippen LogP contribution is 2.45. The molecule has 23 heavy (non-hydrogen) atoms. The largest absolute Gasteiger partial charge is 0.295 e. The molecule has 0 bridgehead atoms. The van der Waals surface area contributed by atoms with Crippen LogP contribution in [0, 0.1) is 17.0 Å². The average Bonchev–Trinajstić information content (AvgIpc) is 2.34. The molecule has 6 nitrogen and oxygen atoms in total. The SMILES string of the molecule is Cc1c(C(C)C)c([N+](=O)[O-])c(C(C)C)c(S(=O)(=O)O)c1C(C)C. The minimum atomic E-state index is -4.58. The van der Waals surface area contributed by atoms with Gasteiger partial charge >= 0.3 is 0 Å². The molecule has 130 valence electrons. The van der Waals surface area contributed by atoms with Gasteiger partial charge in [0.1, 0.15) is 4.90 Å². The molecule has 0 aromatic heterocycles. The topological polar surface area (TPSA) is 97.5 Å². The lowest BCUT2D eigenvalue weighted by molar-refractivity contribution is -0.386. The predicted octanol–water partition coefficient (Wildman–Crippen LogP) is 4.52. The lowest BCUT2D eigenvalue weighted by Gasteiger charge is -2.24. The molecule has 1 aromatic rings. The molecule has 0 spiro atoms. The Kier molecular flexibility index (Phi) is 5.59. The molecule has 0 aliphatic rings. The van der Waals surface area contributed by atoms with Crippen molar-refractivity contribution in [2.75, 3.05) is 0 Å². The minimum absolute atomic E-state index is 0.0931. The molecule has 0 heterocycles. The van der Waals surface area contributed by atoms with Gasteiger partial charge in [-0.2, -0.15) is 8.42 Å². The first-order chi connectivity index (χ1) is 10.3.